The molecule has 1 aliphatic rings. The predicted octanol–water partition coefficient (Wildman–Crippen LogP) is 2.48. The smallest absolute Gasteiger partial charge is 0.127 e. The van der Waals surface area contributed by atoms with Crippen molar-refractivity contribution >= 4 is 16.6 Å². The van der Waals surface area contributed by atoms with Gasteiger partial charge >= 0.3 is 0 Å². The molecule has 0 amide bonds. The van der Waals surface area contributed by atoms with E-state index in [1.165, 1.54) is 6.07 Å². The second-order valence-corrected chi connectivity index (χ2v) is 5.25. The van der Waals surface area contributed by atoms with Gasteiger partial charge in [0.05, 0.1) is 5.52 Å². The van der Waals surface area contributed by atoms with Crippen LogP contribution in [0.4, 0.5) is 10.1 Å². The van der Waals surface area contributed by atoms with E-state index in [-0.39, 0.29) is 5.82 Å². The molecular weight excluding hydrogens is 241 g/mol. The Morgan fingerprint density at radius 3 is 3.00 bits per heavy atom. The first-order chi connectivity index (χ1) is 9.13. The molecule has 1 unspecified atom stereocenters. The van der Waals surface area contributed by atoms with E-state index < -0.39 is 0 Å². The van der Waals surface area contributed by atoms with E-state index in [0.29, 0.717) is 6.04 Å². The summed E-state index contributed by atoms with van der Waals surface area (Å²) in [5.74, 6) is -0.216. The Morgan fingerprint density at radius 2 is 2.21 bits per heavy atom. The molecule has 4 heteroatoms. The molecule has 1 atom stereocenters. The molecule has 1 aromatic carbocycles. The molecule has 0 radical (unpaired) electrons. The fourth-order valence-electron chi connectivity index (χ4n) is 2.70. The summed E-state index contributed by atoms with van der Waals surface area (Å²) in [5.41, 5.74) is 2.61. The molecule has 3 nitrogen and oxygen atoms in total. The van der Waals surface area contributed by atoms with Gasteiger partial charge in [-0.2, -0.15) is 0 Å². The van der Waals surface area contributed by atoms with Gasteiger partial charge in [0.15, 0.2) is 0 Å². The molecule has 2 heterocycles. The van der Waals surface area contributed by atoms with Gasteiger partial charge in [-0.1, -0.05) is 0 Å². The summed E-state index contributed by atoms with van der Waals surface area (Å²) in [5, 5.41) is 4.43. The van der Waals surface area contributed by atoms with Crippen molar-refractivity contribution in [2.75, 3.05) is 24.5 Å². The van der Waals surface area contributed by atoms with Gasteiger partial charge in [-0.05, 0) is 32.0 Å². The van der Waals surface area contributed by atoms with Crippen molar-refractivity contribution in [2.24, 2.45) is 0 Å². The summed E-state index contributed by atoms with van der Waals surface area (Å²) in [6.07, 6.45) is 0. The van der Waals surface area contributed by atoms with Gasteiger partial charge in [0, 0.05) is 48.5 Å². The minimum atomic E-state index is -0.216. The number of hydrogen-bond donors (Lipinski definition) is 1. The van der Waals surface area contributed by atoms with Gasteiger partial charge in [-0.25, -0.2) is 4.39 Å². The lowest BCUT2D eigenvalue weighted by atomic mass is 10.1. The average molecular weight is 259 g/mol. The number of hydrogen-bond acceptors (Lipinski definition) is 3. The number of benzene rings is 1. The van der Waals surface area contributed by atoms with Crippen LogP contribution in [0.1, 0.15) is 12.6 Å². The summed E-state index contributed by atoms with van der Waals surface area (Å²) in [6, 6.07) is 7.58. The molecule has 1 fully saturated rings. The number of halogens is 1. The molecule has 1 N–H and O–H groups in total. The minimum Gasteiger partial charge on any atom is -0.368 e. The standard InChI is InChI=1S/C15H18FN3/c1-10-3-4-13-14(18-10)7-12(16)8-15(13)19-6-5-17-11(2)9-19/h3-4,7-8,11,17H,5-6,9H2,1-2H3. The second kappa shape index (κ2) is 4.78. The van der Waals surface area contributed by atoms with Crippen LogP contribution in [-0.2, 0) is 0 Å². The van der Waals surface area contributed by atoms with E-state index in [4.69, 9.17) is 0 Å². The van der Waals surface area contributed by atoms with Crippen LogP contribution in [-0.4, -0.2) is 30.7 Å². The molecule has 2 aromatic rings. The van der Waals surface area contributed by atoms with Crippen molar-refractivity contribution in [3.05, 3.63) is 35.8 Å². The highest BCUT2D eigenvalue weighted by molar-refractivity contribution is 5.92. The zero-order chi connectivity index (χ0) is 13.4. The lowest BCUT2D eigenvalue weighted by Crippen LogP contribution is -2.49. The number of fused-ring (bicyclic) bond motifs is 1. The van der Waals surface area contributed by atoms with Crippen LogP contribution in [0.5, 0.6) is 0 Å². The molecule has 0 aliphatic carbocycles. The normalized spacial score (nSPS) is 19.9. The molecule has 1 aromatic heterocycles. The third-order valence-corrected chi connectivity index (χ3v) is 3.60. The summed E-state index contributed by atoms with van der Waals surface area (Å²) in [6.45, 7) is 6.80. The molecule has 3 rings (SSSR count). The molecule has 0 bridgehead atoms. The van der Waals surface area contributed by atoms with Crippen molar-refractivity contribution in [2.45, 2.75) is 19.9 Å². The zero-order valence-corrected chi connectivity index (χ0v) is 11.3. The van der Waals surface area contributed by atoms with E-state index in [9.17, 15) is 4.39 Å². The first-order valence-corrected chi connectivity index (χ1v) is 6.69. The molecule has 0 saturated carbocycles. The number of anilines is 1. The number of aromatic nitrogens is 1. The van der Waals surface area contributed by atoms with E-state index >= 15 is 0 Å². The van der Waals surface area contributed by atoms with E-state index in [1.54, 1.807) is 6.07 Å². The Kier molecular flexibility index (Phi) is 3.11. The Labute approximate surface area is 112 Å². The van der Waals surface area contributed by atoms with E-state index in [1.807, 2.05) is 19.1 Å². The quantitative estimate of drug-likeness (QED) is 0.852. The van der Waals surface area contributed by atoms with Crippen LogP contribution < -0.4 is 10.2 Å². The molecular formula is C15H18FN3. The second-order valence-electron chi connectivity index (χ2n) is 5.25. The third kappa shape index (κ3) is 2.40. The lowest BCUT2D eigenvalue weighted by Gasteiger charge is -2.34. The number of piperazine rings is 1. The highest BCUT2D eigenvalue weighted by Crippen LogP contribution is 2.28. The monoisotopic (exact) mass is 259 g/mol. The van der Waals surface area contributed by atoms with Gasteiger partial charge in [0.1, 0.15) is 5.82 Å². The maximum Gasteiger partial charge on any atom is 0.127 e. The molecule has 1 saturated heterocycles. The fraction of sp³-hybridized carbons (Fsp3) is 0.400. The maximum atomic E-state index is 13.8. The number of rotatable bonds is 1. The van der Waals surface area contributed by atoms with Crippen molar-refractivity contribution in [3.8, 4) is 0 Å². The van der Waals surface area contributed by atoms with Crippen LogP contribution in [0.15, 0.2) is 24.3 Å². The zero-order valence-electron chi connectivity index (χ0n) is 11.3. The van der Waals surface area contributed by atoms with Crippen LogP contribution in [0.3, 0.4) is 0 Å². The Balaban J connectivity index is 2.11. The number of aryl methyl sites for hydroxylation is 1. The van der Waals surface area contributed by atoms with Crippen LogP contribution in [0.25, 0.3) is 10.9 Å². The average Bonchev–Trinajstić information content (AvgIpc) is 2.37. The minimum absolute atomic E-state index is 0.216. The SMILES string of the molecule is Cc1ccc2c(N3CCNC(C)C3)cc(F)cc2n1. The summed E-state index contributed by atoms with van der Waals surface area (Å²) < 4.78 is 13.8. The summed E-state index contributed by atoms with van der Waals surface area (Å²) in [4.78, 5) is 6.67. The van der Waals surface area contributed by atoms with E-state index in [0.717, 1.165) is 41.9 Å². The molecule has 100 valence electrons. The largest absolute Gasteiger partial charge is 0.368 e. The Morgan fingerprint density at radius 1 is 1.37 bits per heavy atom. The van der Waals surface area contributed by atoms with E-state index in [2.05, 4.69) is 22.1 Å². The Bertz CT molecular complexity index is 606. The first-order valence-electron chi connectivity index (χ1n) is 6.69. The van der Waals surface area contributed by atoms with Gasteiger partial charge in [-0.3, -0.25) is 4.98 Å². The van der Waals surface area contributed by atoms with Crippen molar-refractivity contribution in [1.29, 1.82) is 0 Å². The van der Waals surface area contributed by atoms with Gasteiger partial charge in [0.2, 0.25) is 0 Å². The summed E-state index contributed by atoms with van der Waals surface area (Å²) >= 11 is 0. The Hall–Kier alpha value is -1.68. The highest BCUT2D eigenvalue weighted by Gasteiger charge is 2.18. The molecule has 1 aliphatic heterocycles. The molecule has 19 heavy (non-hydrogen) atoms. The summed E-state index contributed by atoms with van der Waals surface area (Å²) in [7, 11) is 0. The number of nitrogens with zero attached hydrogens (tertiary/aromatic N) is 2. The number of nitrogens with one attached hydrogen (secondary N) is 1. The lowest BCUT2D eigenvalue weighted by molar-refractivity contribution is 0.485. The molecule has 0 spiro atoms. The van der Waals surface area contributed by atoms with Gasteiger partial charge in [-0.15, -0.1) is 0 Å². The van der Waals surface area contributed by atoms with Crippen molar-refractivity contribution < 1.29 is 4.39 Å². The topological polar surface area (TPSA) is 28.2 Å². The van der Waals surface area contributed by atoms with Crippen LogP contribution in [0, 0.1) is 12.7 Å². The maximum absolute atomic E-state index is 13.8. The third-order valence-electron chi connectivity index (χ3n) is 3.60. The van der Waals surface area contributed by atoms with Crippen molar-refractivity contribution in [3.63, 3.8) is 0 Å². The fourth-order valence-corrected chi connectivity index (χ4v) is 2.70. The van der Waals surface area contributed by atoms with Gasteiger partial charge in [0.25, 0.3) is 0 Å². The number of pyridine rings is 1. The van der Waals surface area contributed by atoms with Gasteiger partial charge < -0.3 is 10.2 Å². The van der Waals surface area contributed by atoms with Crippen LogP contribution in [0.2, 0.25) is 0 Å². The predicted molar refractivity (Wildman–Crippen MR) is 76.1 cm³/mol. The van der Waals surface area contributed by atoms with Crippen molar-refractivity contribution in [1.82, 2.24) is 10.3 Å². The first kappa shape index (κ1) is 12.4. The van der Waals surface area contributed by atoms with Crippen LogP contribution >= 0.6 is 0 Å². The highest BCUT2D eigenvalue weighted by atomic mass is 19.1.